The molecule has 4 nitrogen and oxygen atoms in total. The van der Waals surface area contributed by atoms with Gasteiger partial charge in [0.1, 0.15) is 11.6 Å². The number of ether oxygens (including phenoxy) is 1. The molecule has 1 aliphatic heterocycles. The highest BCUT2D eigenvalue weighted by Crippen LogP contribution is 2.32. The van der Waals surface area contributed by atoms with Crippen LogP contribution in [0.15, 0.2) is 36.4 Å². The van der Waals surface area contributed by atoms with Gasteiger partial charge in [-0.25, -0.2) is 13.6 Å². The maximum Gasteiger partial charge on any atom is 0.411 e. The summed E-state index contributed by atoms with van der Waals surface area (Å²) in [6.45, 7) is 2.47. The molecule has 3 rings (SSSR count). The van der Waals surface area contributed by atoms with Crippen LogP contribution in [0.4, 0.5) is 19.3 Å². The monoisotopic (exact) mass is 409 g/mol. The van der Waals surface area contributed by atoms with Gasteiger partial charge in [0.25, 0.3) is 0 Å². The van der Waals surface area contributed by atoms with Crippen molar-refractivity contribution in [2.75, 3.05) is 39.1 Å². The Bertz CT molecular complexity index is 863. The van der Waals surface area contributed by atoms with Crippen LogP contribution >= 0.6 is 11.6 Å². The third-order valence-electron chi connectivity index (χ3n) is 5.18. The first-order valence-corrected chi connectivity index (χ1v) is 9.62. The first-order valence-electron chi connectivity index (χ1n) is 9.24. The van der Waals surface area contributed by atoms with Crippen LogP contribution in [0, 0.1) is 17.6 Å². The molecule has 1 heterocycles. The van der Waals surface area contributed by atoms with Gasteiger partial charge in [-0.1, -0.05) is 17.7 Å². The van der Waals surface area contributed by atoms with E-state index < -0.39 is 17.7 Å². The molecule has 0 unspecified atom stereocenters. The van der Waals surface area contributed by atoms with Gasteiger partial charge in [-0.3, -0.25) is 5.32 Å². The lowest BCUT2D eigenvalue weighted by Gasteiger charge is -2.36. The standard InChI is InChI=1S/C21H23ClF2N2O2/c1-26(2)9-7-14(8-10-26)13-28-21(27)25-20-6-4-16(23)12-17(20)15-3-5-19(24)18(22)11-15/h3-6,11-12,14H,7-10,13H2,1-2H3/p+1. The van der Waals surface area contributed by atoms with Crippen LogP contribution in [0.1, 0.15) is 12.8 Å². The summed E-state index contributed by atoms with van der Waals surface area (Å²) in [7, 11) is 4.39. The predicted molar refractivity (Wildman–Crippen MR) is 106 cm³/mol. The molecule has 1 amide bonds. The molecule has 0 saturated carbocycles. The molecular formula is C21H24ClF2N2O2+. The van der Waals surface area contributed by atoms with Crippen molar-refractivity contribution in [3.63, 3.8) is 0 Å². The zero-order valence-corrected chi connectivity index (χ0v) is 16.7. The van der Waals surface area contributed by atoms with E-state index in [0.717, 1.165) is 30.4 Å². The molecule has 2 aromatic rings. The molecule has 2 aromatic carbocycles. The van der Waals surface area contributed by atoms with E-state index >= 15 is 0 Å². The van der Waals surface area contributed by atoms with Crippen LogP contribution in [0.2, 0.25) is 5.02 Å². The van der Waals surface area contributed by atoms with E-state index in [0.29, 0.717) is 29.3 Å². The normalized spacial score (nSPS) is 16.6. The molecule has 0 aliphatic carbocycles. The molecule has 0 spiro atoms. The highest BCUT2D eigenvalue weighted by molar-refractivity contribution is 6.31. The SMILES string of the molecule is C[N+]1(C)CCC(COC(=O)Nc2ccc(F)cc2-c2ccc(F)c(Cl)c2)CC1. The smallest absolute Gasteiger partial charge is 0.411 e. The summed E-state index contributed by atoms with van der Waals surface area (Å²) in [4.78, 5) is 12.3. The molecule has 28 heavy (non-hydrogen) atoms. The summed E-state index contributed by atoms with van der Waals surface area (Å²) in [5.41, 5.74) is 1.26. The number of hydrogen-bond acceptors (Lipinski definition) is 2. The fourth-order valence-corrected chi connectivity index (χ4v) is 3.54. The van der Waals surface area contributed by atoms with Crippen LogP contribution in [-0.2, 0) is 4.74 Å². The van der Waals surface area contributed by atoms with Crippen molar-refractivity contribution < 1.29 is 22.8 Å². The highest BCUT2D eigenvalue weighted by atomic mass is 35.5. The van der Waals surface area contributed by atoms with Gasteiger partial charge in [0, 0.05) is 24.3 Å². The molecular weight excluding hydrogens is 386 g/mol. The lowest BCUT2D eigenvalue weighted by Crippen LogP contribution is -2.46. The van der Waals surface area contributed by atoms with Gasteiger partial charge in [-0.2, -0.15) is 0 Å². The van der Waals surface area contributed by atoms with Gasteiger partial charge < -0.3 is 9.22 Å². The van der Waals surface area contributed by atoms with E-state index in [1.54, 1.807) is 0 Å². The minimum absolute atomic E-state index is 0.0751. The van der Waals surface area contributed by atoms with E-state index in [2.05, 4.69) is 19.4 Å². The highest BCUT2D eigenvalue weighted by Gasteiger charge is 2.27. The number of nitrogens with zero attached hydrogens (tertiary/aromatic N) is 1. The molecule has 150 valence electrons. The number of piperidine rings is 1. The number of carbonyl (C=O) groups is 1. The minimum Gasteiger partial charge on any atom is -0.449 e. The van der Waals surface area contributed by atoms with Crippen LogP contribution < -0.4 is 5.32 Å². The first kappa shape index (κ1) is 20.6. The molecule has 1 N–H and O–H groups in total. The molecule has 1 saturated heterocycles. The third-order valence-corrected chi connectivity index (χ3v) is 5.47. The summed E-state index contributed by atoms with van der Waals surface area (Å²) in [6, 6.07) is 8.03. The number of quaternary nitrogens is 1. The molecule has 0 radical (unpaired) electrons. The third kappa shape index (κ3) is 5.20. The summed E-state index contributed by atoms with van der Waals surface area (Å²) >= 11 is 5.84. The van der Waals surface area contributed by atoms with Gasteiger partial charge in [0.2, 0.25) is 0 Å². The van der Waals surface area contributed by atoms with Crippen molar-refractivity contribution in [1.29, 1.82) is 0 Å². The molecule has 1 aliphatic rings. The molecule has 7 heteroatoms. The van der Waals surface area contributed by atoms with Crippen molar-refractivity contribution in [2.45, 2.75) is 12.8 Å². The Hall–Kier alpha value is -2.18. The van der Waals surface area contributed by atoms with Crippen molar-refractivity contribution in [3.8, 4) is 11.1 Å². The fraction of sp³-hybridized carbons (Fsp3) is 0.381. The molecule has 1 fully saturated rings. The van der Waals surface area contributed by atoms with E-state index in [4.69, 9.17) is 16.3 Å². The average molecular weight is 410 g/mol. The van der Waals surface area contributed by atoms with Crippen molar-refractivity contribution in [3.05, 3.63) is 53.1 Å². The number of carbonyl (C=O) groups excluding carboxylic acids is 1. The number of hydrogen-bond donors (Lipinski definition) is 1. The number of nitrogens with one attached hydrogen (secondary N) is 1. The zero-order valence-electron chi connectivity index (χ0n) is 16.0. The molecule has 0 atom stereocenters. The van der Waals surface area contributed by atoms with Gasteiger partial charge in [-0.15, -0.1) is 0 Å². The van der Waals surface area contributed by atoms with Crippen molar-refractivity contribution >= 4 is 23.4 Å². The van der Waals surface area contributed by atoms with E-state index in [9.17, 15) is 13.6 Å². The molecule has 0 aromatic heterocycles. The maximum atomic E-state index is 13.8. The van der Waals surface area contributed by atoms with Crippen molar-refractivity contribution in [1.82, 2.24) is 0 Å². The van der Waals surface area contributed by atoms with Crippen molar-refractivity contribution in [2.24, 2.45) is 5.92 Å². The summed E-state index contributed by atoms with van der Waals surface area (Å²) in [5, 5.41) is 2.58. The second kappa shape index (κ2) is 8.45. The van der Waals surface area contributed by atoms with Crippen LogP contribution in [0.3, 0.4) is 0 Å². The number of benzene rings is 2. The Labute approximate surface area is 168 Å². The Morgan fingerprint density at radius 2 is 1.89 bits per heavy atom. The Kier molecular flexibility index (Phi) is 6.20. The summed E-state index contributed by atoms with van der Waals surface area (Å²) in [6.07, 6.45) is 1.42. The topological polar surface area (TPSA) is 38.3 Å². The lowest BCUT2D eigenvalue weighted by atomic mass is 9.97. The van der Waals surface area contributed by atoms with Gasteiger partial charge in [-0.05, 0) is 35.9 Å². The van der Waals surface area contributed by atoms with Crippen LogP contribution in [0.25, 0.3) is 11.1 Å². The average Bonchev–Trinajstić information content (AvgIpc) is 2.64. The minimum atomic E-state index is -0.597. The number of amides is 1. The fourth-order valence-electron chi connectivity index (χ4n) is 3.35. The number of anilines is 1. The van der Waals surface area contributed by atoms with E-state index in [-0.39, 0.29) is 5.02 Å². The Balaban J connectivity index is 1.67. The lowest BCUT2D eigenvalue weighted by molar-refractivity contribution is -0.896. The van der Waals surface area contributed by atoms with E-state index in [1.807, 2.05) is 0 Å². The molecule has 0 bridgehead atoms. The number of likely N-dealkylation sites (tertiary alicyclic amines) is 1. The number of halogens is 3. The van der Waals surface area contributed by atoms with Gasteiger partial charge in [0.05, 0.1) is 44.5 Å². The van der Waals surface area contributed by atoms with Gasteiger partial charge >= 0.3 is 6.09 Å². The first-order chi connectivity index (χ1) is 13.2. The summed E-state index contributed by atoms with van der Waals surface area (Å²) in [5.74, 6) is -0.692. The Morgan fingerprint density at radius 3 is 2.57 bits per heavy atom. The predicted octanol–water partition coefficient (Wildman–Crippen LogP) is 5.32. The second-order valence-electron chi connectivity index (χ2n) is 7.87. The largest absolute Gasteiger partial charge is 0.449 e. The van der Waals surface area contributed by atoms with Crippen LogP contribution in [0.5, 0.6) is 0 Å². The zero-order chi connectivity index (χ0) is 20.3. The quantitative estimate of drug-likeness (QED) is 0.694. The van der Waals surface area contributed by atoms with Crippen LogP contribution in [-0.4, -0.2) is 44.4 Å². The number of rotatable bonds is 4. The van der Waals surface area contributed by atoms with Gasteiger partial charge in [0.15, 0.2) is 0 Å². The van der Waals surface area contributed by atoms with E-state index in [1.165, 1.54) is 36.4 Å². The maximum absolute atomic E-state index is 13.8. The Morgan fingerprint density at radius 1 is 1.18 bits per heavy atom. The summed E-state index contributed by atoms with van der Waals surface area (Å²) < 4.78 is 33.6. The second-order valence-corrected chi connectivity index (χ2v) is 8.28.